The summed E-state index contributed by atoms with van der Waals surface area (Å²) in [4.78, 5) is 35.6. The van der Waals surface area contributed by atoms with Crippen molar-refractivity contribution in [1.82, 2.24) is 9.88 Å². The van der Waals surface area contributed by atoms with Crippen molar-refractivity contribution in [1.29, 1.82) is 0 Å². The molecule has 0 atom stereocenters. The molecular weight excluding hydrogens is 312 g/mol. The molecule has 0 unspecified atom stereocenters. The average molecular weight is 332 g/mol. The van der Waals surface area contributed by atoms with Crippen LogP contribution in [-0.4, -0.2) is 39.0 Å². The number of Topliss-reactive ketones (excluding diaryl/α,β-unsaturated/α-hetero) is 1. The summed E-state index contributed by atoms with van der Waals surface area (Å²) in [5.41, 5.74) is -0.765. The molecule has 3 N–H and O–H groups in total. The third-order valence-electron chi connectivity index (χ3n) is 4.91. The third kappa shape index (κ3) is 2.50. The average Bonchev–Trinajstić information content (AvgIpc) is 2.91. The number of ketones is 1. The number of aromatic nitrogens is 1. The Bertz CT molecular complexity index is 723. The zero-order valence-corrected chi connectivity index (χ0v) is 13.2. The van der Waals surface area contributed by atoms with Crippen LogP contribution in [0, 0.1) is 0 Å². The van der Waals surface area contributed by atoms with Crippen LogP contribution in [0.15, 0.2) is 29.7 Å². The molecule has 1 aromatic heterocycles. The van der Waals surface area contributed by atoms with Crippen LogP contribution in [0.25, 0.3) is 0 Å². The van der Waals surface area contributed by atoms with Crippen LogP contribution in [0.1, 0.15) is 49.0 Å². The van der Waals surface area contributed by atoms with Gasteiger partial charge in [-0.25, -0.2) is 0 Å². The Labute approximate surface area is 139 Å². The summed E-state index contributed by atoms with van der Waals surface area (Å²) in [6.07, 6.45) is 6.91. The highest BCUT2D eigenvalue weighted by atomic mass is 16.4. The van der Waals surface area contributed by atoms with Crippen molar-refractivity contribution in [3.8, 4) is 0 Å². The van der Waals surface area contributed by atoms with Crippen LogP contribution >= 0.6 is 0 Å². The molecule has 0 aromatic carbocycles. The van der Waals surface area contributed by atoms with Gasteiger partial charge in [0.2, 0.25) is 5.78 Å². The van der Waals surface area contributed by atoms with Crippen molar-refractivity contribution < 1.29 is 24.6 Å². The summed E-state index contributed by atoms with van der Waals surface area (Å²) in [6, 6.07) is 3.36. The first-order valence-corrected chi connectivity index (χ1v) is 8.13. The number of rotatable bonds is 3. The Morgan fingerprint density at radius 2 is 1.88 bits per heavy atom. The van der Waals surface area contributed by atoms with E-state index in [9.17, 15) is 19.5 Å². The lowest BCUT2D eigenvalue weighted by Gasteiger charge is -2.39. The maximum absolute atomic E-state index is 12.6. The number of carboxylic acids is 1. The van der Waals surface area contributed by atoms with E-state index >= 15 is 0 Å². The van der Waals surface area contributed by atoms with Crippen molar-refractivity contribution in [3.05, 3.63) is 35.4 Å². The van der Waals surface area contributed by atoms with Crippen LogP contribution in [0.3, 0.4) is 0 Å². The van der Waals surface area contributed by atoms with Crippen molar-refractivity contribution in [3.63, 3.8) is 0 Å². The fourth-order valence-corrected chi connectivity index (χ4v) is 3.77. The summed E-state index contributed by atoms with van der Waals surface area (Å²) in [5.74, 6) is -2.86. The highest BCUT2D eigenvalue weighted by Gasteiger charge is 2.47. The molecule has 1 spiro atoms. The monoisotopic (exact) mass is 332 g/mol. The number of carbonyl (C=O) groups is 3. The predicted octanol–water partition coefficient (Wildman–Crippen LogP) is 1.75. The van der Waals surface area contributed by atoms with Gasteiger partial charge in [-0.3, -0.25) is 14.4 Å². The molecule has 2 heterocycles. The topological polar surface area (TPSA) is 109 Å². The van der Waals surface area contributed by atoms with E-state index in [2.05, 4.69) is 5.32 Å². The van der Waals surface area contributed by atoms with Crippen LogP contribution in [0.5, 0.6) is 0 Å². The maximum Gasteiger partial charge on any atom is 0.322 e. The first-order chi connectivity index (χ1) is 11.5. The van der Waals surface area contributed by atoms with E-state index in [0.29, 0.717) is 18.5 Å². The fourth-order valence-electron chi connectivity index (χ4n) is 3.77. The molecule has 7 nitrogen and oxygen atoms in total. The smallest absolute Gasteiger partial charge is 0.322 e. The molecule has 2 aliphatic rings. The normalized spacial score (nSPS) is 19.8. The number of fused-ring (bicyclic) bond motifs is 2. The molecule has 0 saturated heterocycles. The van der Waals surface area contributed by atoms with Gasteiger partial charge in [0.1, 0.15) is 23.4 Å². The molecule has 24 heavy (non-hydrogen) atoms. The van der Waals surface area contributed by atoms with Gasteiger partial charge in [0.05, 0.1) is 5.69 Å². The lowest BCUT2D eigenvalue weighted by Crippen LogP contribution is -2.45. The number of aliphatic hydroxyl groups excluding tert-OH is 1. The van der Waals surface area contributed by atoms with E-state index in [-0.39, 0.29) is 11.3 Å². The van der Waals surface area contributed by atoms with E-state index < -0.39 is 29.7 Å². The second kappa shape index (κ2) is 6.14. The Balaban J connectivity index is 2.08. The van der Waals surface area contributed by atoms with E-state index in [4.69, 9.17) is 5.11 Å². The van der Waals surface area contributed by atoms with Gasteiger partial charge in [0, 0.05) is 6.20 Å². The van der Waals surface area contributed by atoms with Crippen molar-refractivity contribution >= 4 is 17.7 Å². The Morgan fingerprint density at radius 3 is 2.50 bits per heavy atom. The molecule has 0 radical (unpaired) electrons. The van der Waals surface area contributed by atoms with Crippen molar-refractivity contribution in [2.24, 2.45) is 0 Å². The van der Waals surface area contributed by atoms with Gasteiger partial charge >= 0.3 is 5.97 Å². The first-order valence-electron chi connectivity index (χ1n) is 8.13. The molecule has 1 aliphatic carbocycles. The van der Waals surface area contributed by atoms with Crippen molar-refractivity contribution in [2.45, 2.75) is 44.1 Å². The zero-order chi connectivity index (χ0) is 17.3. The van der Waals surface area contributed by atoms with Gasteiger partial charge in [-0.2, -0.15) is 0 Å². The number of nitrogens with zero attached hydrogens (tertiary/aromatic N) is 1. The lowest BCUT2D eigenvalue weighted by molar-refractivity contribution is -0.137. The molecule has 1 fully saturated rings. The number of aliphatic carboxylic acids is 1. The summed E-state index contributed by atoms with van der Waals surface area (Å²) in [7, 11) is 0. The lowest BCUT2D eigenvalue weighted by atomic mass is 9.81. The van der Waals surface area contributed by atoms with Gasteiger partial charge in [-0.05, 0) is 25.0 Å². The van der Waals surface area contributed by atoms with Gasteiger partial charge in [0.15, 0.2) is 0 Å². The number of hydrogen-bond donors (Lipinski definition) is 3. The largest absolute Gasteiger partial charge is 0.509 e. The molecule has 0 bridgehead atoms. The molecule has 128 valence electrons. The number of allylic oxidation sites excluding steroid dienone is 1. The number of carbonyl (C=O) groups excluding carboxylic acids is 2. The first kappa shape index (κ1) is 16.3. The Hall–Kier alpha value is -2.57. The number of carboxylic acid groups (broad SMARTS) is 1. The molecule has 7 heteroatoms. The van der Waals surface area contributed by atoms with Crippen LogP contribution in [-0.2, 0) is 15.1 Å². The maximum atomic E-state index is 12.6. The predicted molar refractivity (Wildman–Crippen MR) is 84.7 cm³/mol. The number of hydrogen-bond acceptors (Lipinski definition) is 4. The molecule has 3 rings (SSSR count). The van der Waals surface area contributed by atoms with Gasteiger partial charge in [-0.15, -0.1) is 0 Å². The summed E-state index contributed by atoms with van der Waals surface area (Å²) in [5, 5.41) is 21.8. The second-order valence-electron chi connectivity index (χ2n) is 6.34. The van der Waals surface area contributed by atoms with E-state index in [1.807, 2.05) is 0 Å². The van der Waals surface area contributed by atoms with Gasteiger partial charge < -0.3 is 20.1 Å². The minimum atomic E-state index is -1.21. The summed E-state index contributed by atoms with van der Waals surface area (Å²) >= 11 is 0. The molecule has 1 amide bonds. The minimum Gasteiger partial charge on any atom is -0.509 e. The SMILES string of the molecule is O=C(O)CNC(=O)C1=C(O)C2(CCCCCC2)n2cccc2C1=O. The second-order valence-corrected chi connectivity index (χ2v) is 6.34. The van der Waals surface area contributed by atoms with E-state index in [1.54, 1.807) is 22.9 Å². The van der Waals surface area contributed by atoms with E-state index in [0.717, 1.165) is 25.7 Å². The molecule has 1 aliphatic heterocycles. The Kier molecular flexibility index (Phi) is 4.17. The summed E-state index contributed by atoms with van der Waals surface area (Å²) in [6.45, 7) is -0.600. The van der Waals surface area contributed by atoms with E-state index in [1.165, 1.54) is 0 Å². The zero-order valence-electron chi connectivity index (χ0n) is 13.2. The molecule has 1 aromatic rings. The number of nitrogens with one attached hydrogen (secondary N) is 1. The van der Waals surface area contributed by atoms with Gasteiger partial charge in [-0.1, -0.05) is 25.7 Å². The number of aliphatic hydroxyl groups is 1. The standard InChI is InChI=1S/C17H20N2O5/c20-12(21)10-18-16(24)13-14(22)11-6-5-9-19(11)17(15(13)23)7-3-1-2-4-8-17/h5-6,9,23H,1-4,7-8,10H2,(H,18,24)(H,20,21). The fraction of sp³-hybridized carbons (Fsp3) is 0.471. The molecule has 1 saturated carbocycles. The van der Waals surface area contributed by atoms with Crippen LogP contribution < -0.4 is 5.32 Å². The third-order valence-corrected chi connectivity index (χ3v) is 4.91. The Morgan fingerprint density at radius 1 is 1.21 bits per heavy atom. The molecular formula is C17H20N2O5. The summed E-state index contributed by atoms with van der Waals surface area (Å²) < 4.78 is 1.78. The highest BCUT2D eigenvalue weighted by Crippen LogP contribution is 2.44. The highest BCUT2D eigenvalue weighted by molar-refractivity contribution is 6.26. The number of amides is 1. The van der Waals surface area contributed by atoms with Crippen LogP contribution in [0.2, 0.25) is 0 Å². The van der Waals surface area contributed by atoms with Gasteiger partial charge in [0.25, 0.3) is 5.91 Å². The van der Waals surface area contributed by atoms with Crippen LogP contribution in [0.4, 0.5) is 0 Å². The van der Waals surface area contributed by atoms with Crippen molar-refractivity contribution in [2.75, 3.05) is 6.54 Å². The quantitative estimate of drug-likeness (QED) is 0.731. The minimum absolute atomic E-state index is 0.235.